The average molecular weight is 181 g/mol. The van der Waals surface area contributed by atoms with Crippen molar-refractivity contribution in [1.29, 1.82) is 0 Å². The molecule has 1 aromatic rings. The Labute approximate surface area is 73.6 Å². The normalized spacial score (nSPS) is 9.00. The van der Waals surface area contributed by atoms with Crippen LogP contribution in [0.2, 0.25) is 0 Å². The van der Waals surface area contributed by atoms with Gasteiger partial charge in [0.15, 0.2) is 0 Å². The molecular weight excluding hydrogens is 176 g/mol. The van der Waals surface area contributed by atoms with Gasteiger partial charge in [-0.25, -0.2) is 9.18 Å². The van der Waals surface area contributed by atoms with Crippen LogP contribution < -0.4 is 5.32 Å². The first-order chi connectivity index (χ1) is 6.13. The van der Waals surface area contributed by atoms with Gasteiger partial charge in [-0.2, -0.15) is 0 Å². The van der Waals surface area contributed by atoms with E-state index in [1.54, 1.807) is 5.32 Å². The van der Waals surface area contributed by atoms with Crippen molar-refractivity contribution in [2.75, 3.05) is 5.32 Å². The summed E-state index contributed by atoms with van der Waals surface area (Å²) in [5.41, 5.74) is 0.105. The molecule has 1 aromatic carbocycles. The van der Waals surface area contributed by atoms with Crippen LogP contribution in [0.1, 0.15) is 5.56 Å². The number of carbonyl (C=O) groups excluding carboxylic acids is 1. The molecule has 0 aliphatic heterocycles. The summed E-state index contributed by atoms with van der Waals surface area (Å²) in [5.74, 6) is 1.50. The van der Waals surface area contributed by atoms with Crippen LogP contribution in [0, 0.1) is 18.2 Å². The Hall–Kier alpha value is -1.89. The Kier molecular flexibility index (Phi) is 2.60. The van der Waals surface area contributed by atoms with Gasteiger partial charge >= 0.3 is 6.16 Å². The molecule has 0 aromatic heterocycles. The monoisotopic (exact) mass is 181 g/mol. The van der Waals surface area contributed by atoms with Gasteiger partial charge in [0, 0.05) is 5.56 Å². The lowest BCUT2D eigenvalue weighted by Crippen LogP contribution is -2.04. The van der Waals surface area contributed by atoms with Gasteiger partial charge in [0.25, 0.3) is 0 Å². The highest BCUT2D eigenvalue weighted by Crippen LogP contribution is 2.15. The van der Waals surface area contributed by atoms with Gasteiger partial charge in [0.05, 0.1) is 5.69 Å². The molecule has 0 saturated carbocycles. The zero-order chi connectivity index (χ0) is 9.84. The maximum absolute atomic E-state index is 12.8. The quantitative estimate of drug-likeness (QED) is 0.402. The van der Waals surface area contributed by atoms with E-state index in [0.717, 1.165) is 6.07 Å². The van der Waals surface area contributed by atoms with E-state index in [2.05, 4.69) is 5.92 Å². The molecule has 0 heterocycles. The van der Waals surface area contributed by atoms with Crippen LogP contribution in [0.5, 0.6) is 0 Å². The minimum Gasteiger partial charge on any atom is -0.295 e. The number of terminal acetylenes is 1. The fraction of sp³-hybridized carbons (Fsp3) is 0. The molecule has 0 radical (unpaired) electrons. The van der Waals surface area contributed by atoms with Crippen molar-refractivity contribution in [2.45, 2.75) is 0 Å². The van der Waals surface area contributed by atoms with Gasteiger partial charge in [-0.3, -0.25) is 5.32 Å². The number of nitrogens with one attached hydrogen (secondary N) is 1. The van der Waals surface area contributed by atoms with Crippen molar-refractivity contribution in [3.63, 3.8) is 0 Å². The summed E-state index contributed by atoms with van der Waals surface area (Å²) in [4.78, 5) is 9.97. The first-order valence-corrected chi connectivity index (χ1v) is 3.36. The Morgan fingerprint density at radius 2 is 2.23 bits per heavy atom. The third kappa shape index (κ3) is 2.27. The van der Waals surface area contributed by atoms with Crippen LogP contribution >= 0.6 is 0 Å². The highest BCUT2D eigenvalue weighted by atomic mass is 19.1. The zero-order valence-electron chi connectivity index (χ0n) is 6.47. The van der Waals surface area contributed by atoms with Crippen LogP contribution in [0.4, 0.5) is 19.3 Å². The summed E-state index contributed by atoms with van der Waals surface area (Å²) in [7, 11) is 0. The van der Waals surface area contributed by atoms with Crippen molar-refractivity contribution >= 4 is 11.8 Å². The third-order valence-electron chi connectivity index (χ3n) is 1.37. The second-order valence-corrected chi connectivity index (χ2v) is 2.24. The lowest BCUT2D eigenvalue weighted by Gasteiger charge is -2.01. The molecule has 1 amide bonds. The first-order valence-electron chi connectivity index (χ1n) is 3.36. The fourth-order valence-corrected chi connectivity index (χ4v) is 0.817. The maximum atomic E-state index is 12.8. The fourth-order valence-electron chi connectivity index (χ4n) is 0.817. The van der Waals surface area contributed by atoms with Crippen LogP contribution in [0.25, 0.3) is 0 Å². The lowest BCUT2D eigenvalue weighted by atomic mass is 10.2. The van der Waals surface area contributed by atoms with E-state index in [1.165, 1.54) is 12.1 Å². The van der Waals surface area contributed by atoms with Crippen LogP contribution in [0.3, 0.4) is 0 Å². The van der Waals surface area contributed by atoms with Crippen molar-refractivity contribution < 1.29 is 13.6 Å². The maximum Gasteiger partial charge on any atom is 0.401 e. The standard InChI is InChI=1S/C9H5F2NO/c1-2-6-3-4-7(10)8(5-6)12-9(11)13/h1,3-5H,(H,12,13). The average Bonchev–Trinajstić information content (AvgIpc) is 2.08. The molecule has 0 saturated heterocycles. The molecule has 0 aliphatic rings. The first kappa shape index (κ1) is 9.20. The molecule has 0 aliphatic carbocycles. The number of hydrogen-bond donors (Lipinski definition) is 1. The van der Waals surface area contributed by atoms with Crippen LogP contribution in [-0.4, -0.2) is 6.16 Å². The Morgan fingerprint density at radius 3 is 2.77 bits per heavy atom. The highest BCUT2D eigenvalue weighted by Gasteiger charge is 2.05. The van der Waals surface area contributed by atoms with Gasteiger partial charge in [0.2, 0.25) is 0 Å². The second-order valence-electron chi connectivity index (χ2n) is 2.24. The minimum atomic E-state index is -1.83. The zero-order valence-corrected chi connectivity index (χ0v) is 6.47. The SMILES string of the molecule is C#Cc1ccc(F)c(NC(=O)F)c1. The smallest absolute Gasteiger partial charge is 0.295 e. The minimum absolute atomic E-state index is 0.261. The van der Waals surface area contributed by atoms with Crippen molar-refractivity contribution in [2.24, 2.45) is 0 Å². The molecule has 4 heteroatoms. The molecule has 1 N–H and O–H groups in total. The summed E-state index contributed by atoms with van der Waals surface area (Å²) >= 11 is 0. The van der Waals surface area contributed by atoms with E-state index in [9.17, 15) is 13.6 Å². The molecule has 0 unspecified atom stereocenters. The summed E-state index contributed by atoms with van der Waals surface area (Å²) in [6.07, 6.45) is 3.19. The molecule has 1 rings (SSSR count). The summed E-state index contributed by atoms with van der Waals surface area (Å²) in [6.45, 7) is 0. The molecule has 66 valence electrons. The predicted octanol–water partition coefficient (Wildman–Crippen LogP) is 2.31. The molecule has 2 nitrogen and oxygen atoms in total. The molecular formula is C9H5F2NO. The highest BCUT2D eigenvalue weighted by molar-refractivity contribution is 5.84. The summed E-state index contributed by atoms with van der Waals surface area (Å²) in [5, 5.41) is 1.67. The number of hydrogen-bond acceptors (Lipinski definition) is 1. The summed E-state index contributed by atoms with van der Waals surface area (Å²) < 4.78 is 24.7. The molecule has 0 spiro atoms. The number of carbonyl (C=O) groups is 1. The Balaban J connectivity index is 3.05. The van der Waals surface area contributed by atoms with Crippen LogP contribution in [-0.2, 0) is 0 Å². The van der Waals surface area contributed by atoms with E-state index < -0.39 is 12.0 Å². The van der Waals surface area contributed by atoms with Gasteiger partial charge < -0.3 is 0 Å². The predicted molar refractivity (Wildman–Crippen MR) is 44.5 cm³/mol. The van der Waals surface area contributed by atoms with Gasteiger partial charge in [0.1, 0.15) is 5.82 Å². The molecule has 0 fully saturated rings. The van der Waals surface area contributed by atoms with Crippen molar-refractivity contribution in [1.82, 2.24) is 0 Å². The number of anilines is 1. The Morgan fingerprint density at radius 1 is 1.54 bits per heavy atom. The molecule has 13 heavy (non-hydrogen) atoms. The van der Waals surface area contributed by atoms with Gasteiger partial charge in [-0.05, 0) is 18.2 Å². The number of amides is 1. The third-order valence-corrected chi connectivity index (χ3v) is 1.37. The lowest BCUT2D eigenvalue weighted by molar-refractivity contribution is 0.234. The number of rotatable bonds is 1. The van der Waals surface area contributed by atoms with Crippen molar-refractivity contribution in [3.8, 4) is 12.3 Å². The van der Waals surface area contributed by atoms with E-state index >= 15 is 0 Å². The topological polar surface area (TPSA) is 29.1 Å². The number of benzene rings is 1. The van der Waals surface area contributed by atoms with Gasteiger partial charge in [-0.15, -0.1) is 10.8 Å². The largest absolute Gasteiger partial charge is 0.401 e. The van der Waals surface area contributed by atoms with E-state index in [0.29, 0.717) is 5.56 Å². The summed E-state index contributed by atoms with van der Waals surface area (Å²) in [6, 6.07) is 3.58. The molecule has 0 atom stereocenters. The van der Waals surface area contributed by atoms with E-state index in [-0.39, 0.29) is 5.69 Å². The van der Waals surface area contributed by atoms with Crippen LogP contribution in [0.15, 0.2) is 18.2 Å². The van der Waals surface area contributed by atoms with Crippen molar-refractivity contribution in [3.05, 3.63) is 29.6 Å². The molecule has 0 bridgehead atoms. The number of halogens is 2. The van der Waals surface area contributed by atoms with E-state index in [1.807, 2.05) is 0 Å². The van der Waals surface area contributed by atoms with Gasteiger partial charge in [-0.1, -0.05) is 5.92 Å². The van der Waals surface area contributed by atoms with E-state index in [4.69, 9.17) is 6.42 Å². The Bertz CT molecular complexity index is 382. The second kappa shape index (κ2) is 3.68.